The lowest BCUT2D eigenvalue weighted by atomic mass is 10.1. The normalized spacial score (nSPS) is 13.2. The van der Waals surface area contributed by atoms with Crippen LogP contribution in [0.15, 0.2) is 47.2 Å². The molecule has 0 aliphatic carbocycles. The minimum absolute atomic E-state index is 0.464. The molecule has 106 valence electrons. The summed E-state index contributed by atoms with van der Waals surface area (Å²) in [6.45, 7) is 2.49. The fourth-order valence-electron chi connectivity index (χ4n) is 1.84. The van der Waals surface area contributed by atoms with Crippen LogP contribution in [0.1, 0.15) is 18.9 Å². The van der Waals surface area contributed by atoms with Crippen LogP contribution in [-0.2, 0) is 6.42 Å². The Morgan fingerprint density at radius 1 is 1.45 bits per heavy atom. The lowest BCUT2D eigenvalue weighted by molar-refractivity contribution is 0.141. The fraction of sp³-hybridized carbons (Fsp3) is 0.353. The average molecular weight is 270 g/mol. The summed E-state index contributed by atoms with van der Waals surface area (Å²) in [4.78, 5) is 5.97. The van der Waals surface area contributed by atoms with Crippen molar-refractivity contribution >= 4 is 6.21 Å². The number of benzene rings is 1. The average Bonchev–Trinajstić information content (AvgIpc) is 2.44. The summed E-state index contributed by atoms with van der Waals surface area (Å²) < 4.78 is 0. The predicted molar refractivity (Wildman–Crippen MR) is 84.5 cm³/mol. The van der Waals surface area contributed by atoms with Crippen molar-refractivity contribution < 1.29 is 5.11 Å². The van der Waals surface area contributed by atoms with E-state index >= 15 is 0 Å². The van der Waals surface area contributed by atoms with E-state index in [1.807, 2.05) is 49.2 Å². The van der Waals surface area contributed by atoms with Crippen LogP contribution in [0.2, 0.25) is 0 Å². The zero-order chi connectivity index (χ0) is 14.8. The van der Waals surface area contributed by atoms with Gasteiger partial charge in [-0.2, -0.15) is 0 Å². The first-order valence-corrected chi connectivity index (χ1v) is 6.79. The lowest BCUT2D eigenvalue weighted by Crippen LogP contribution is -2.29. The van der Waals surface area contributed by atoms with E-state index in [1.54, 1.807) is 12.4 Å². The van der Waals surface area contributed by atoms with Crippen molar-refractivity contribution in [3.8, 4) is 12.3 Å². The number of allylic oxidation sites excluding steroid dienone is 1. The summed E-state index contributed by atoms with van der Waals surface area (Å²) in [5, 5.41) is 10.1. The van der Waals surface area contributed by atoms with E-state index in [1.165, 1.54) is 0 Å². The second-order valence-electron chi connectivity index (χ2n) is 4.62. The Kier molecular flexibility index (Phi) is 7.16. The molecule has 0 aliphatic rings. The fourth-order valence-corrected chi connectivity index (χ4v) is 1.84. The summed E-state index contributed by atoms with van der Waals surface area (Å²) >= 11 is 0. The highest BCUT2D eigenvalue weighted by atomic mass is 16.3. The molecule has 0 fully saturated rings. The number of aliphatic hydroxyl groups is 1. The highest BCUT2D eigenvalue weighted by molar-refractivity contribution is 5.57. The molecular formula is C17H22N2O. The first-order valence-electron chi connectivity index (χ1n) is 6.79. The molecule has 20 heavy (non-hydrogen) atoms. The number of aliphatic imine (C=N–C) groups is 1. The minimum atomic E-state index is -0.464. The number of terminal acetylenes is 1. The lowest BCUT2D eigenvalue weighted by Gasteiger charge is -2.22. The summed E-state index contributed by atoms with van der Waals surface area (Å²) in [6, 6.07) is 9.92. The Balaban J connectivity index is 2.56. The Morgan fingerprint density at radius 2 is 2.15 bits per heavy atom. The van der Waals surface area contributed by atoms with Crippen molar-refractivity contribution in [1.29, 1.82) is 0 Å². The van der Waals surface area contributed by atoms with E-state index in [-0.39, 0.29) is 0 Å². The van der Waals surface area contributed by atoms with Crippen LogP contribution in [0.3, 0.4) is 0 Å². The largest absolute Gasteiger partial charge is 0.391 e. The Bertz CT molecular complexity index is 485. The summed E-state index contributed by atoms with van der Waals surface area (Å²) in [5.74, 6) is 2.59. The van der Waals surface area contributed by atoms with Gasteiger partial charge in [0.25, 0.3) is 0 Å². The SMILES string of the molecule is C#C/C(=C/N=CCC)N(C)C[C@@H](O)Cc1ccccc1. The molecule has 3 nitrogen and oxygen atoms in total. The number of hydrogen-bond acceptors (Lipinski definition) is 3. The zero-order valence-electron chi connectivity index (χ0n) is 12.2. The van der Waals surface area contributed by atoms with Gasteiger partial charge >= 0.3 is 0 Å². The van der Waals surface area contributed by atoms with E-state index in [4.69, 9.17) is 6.42 Å². The molecule has 0 aromatic heterocycles. The predicted octanol–water partition coefficient (Wildman–Crippen LogP) is 2.48. The van der Waals surface area contributed by atoms with Crippen LogP contribution >= 0.6 is 0 Å². The van der Waals surface area contributed by atoms with Crippen LogP contribution in [0.25, 0.3) is 0 Å². The van der Waals surface area contributed by atoms with Gasteiger partial charge < -0.3 is 10.0 Å². The maximum Gasteiger partial charge on any atom is 0.106 e. The maximum absolute atomic E-state index is 10.1. The standard InChI is InChI=1S/C17H22N2O/c1-4-11-18-13-16(5-2)19(3)14-17(20)12-15-9-7-6-8-10-15/h2,6-11,13,17,20H,4,12,14H2,1,3H3/b16-13-,18-11?/t17-/m0/s1. The van der Waals surface area contributed by atoms with E-state index in [9.17, 15) is 5.11 Å². The molecule has 0 unspecified atom stereocenters. The van der Waals surface area contributed by atoms with Gasteiger partial charge in [0.05, 0.1) is 12.3 Å². The summed E-state index contributed by atoms with van der Waals surface area (Å²) in [5.41, 5.74) is 1.78. The molecule has 1 atom stereocenters. The molecule has 1 aromatic carbocycles. The second-order valence-corrected chi connectivity index (χ2v) is 4.62. The molecule has 0 bridgehead atoms. The number of likely N-dealkylation sites (N-methyl/N-ethyl adjacent to an activating group) is 1. The van der Waals surface area contributed by atoms with Gasteiger partial charge in [0, 0.05) is 26.2 Å². The molecule has 1 rings (SSSR count). The molecule has 0 aliphatic heterocycles. The molecule has 0 saturated carbocycles. The molecule has 3 heteroatoms. The van der Waals surface area contributed by atoms with Crippen molar-refractivity contribution in [1.82, 2.24) is 4.90 Å². The first-order chi connectivity index (χ1) is 9.67. The maximum atomic E-state index is 10.1. The molecule has 0 spiro atoms. The van der Waals surface area contributed by atoms with Crippen LogP contribution in [0.5, 0.6) is 0 Å². The first kappa shape index (κ1) is 16.0. The number of nitrogens with zero attached hydrogens (tertiary/aromatic N) is 2. The van der Waals surface area contributed by atoms with Crippen molar-refractivity contribution in [3.63, 3.8) is 0 Å². The van der Waals surface area contributed by atoms with Gasteiger partial charge in [-0.1, -0.05) is 43.2 Å². The van der Waals surface area contributed by atoms with E-state index in [0.29, 0.717) is 18.7 Å². The Labute approximate surface area is 121 Å². The number of rotatable bonds is 7. The number of aliphatic hydroxyl groups excluding tert-OH is 1. The topological polar surface area (TPSA) is 35.8 Å². The molecular weight excluding hydrogens is 248 g/mol. The molecule has 0 heterocycles. The second kappa shape index (κ2) is 8.95. The van der Waals surface area contributed by atoms with Crippen molar-refractivity contribution in [2.24, 2.45) is 4.99 Å². The van der Waals surface area contributed by atoms with E-state index in [2.05, 4.69) is 10.9 Å². The van der Waals surface area contributed by atoms with Gasteiger partial charge in [0.2, 0.25) is 0 Å². The van der Waals surface area contributed by atoms with Gasteiger partial charge in [-0.05, 0) is 12.0 Å². The smallest absolute Gasteiger partial charge is 0.106 e. The van der Waals surface area contributed by atoms with Crippen LogP contribution in [0, 0.1) is 12.3 Å². The highest BCUT2D eigenvalue weighted by Gasteiger charge is 2.10. The van der Waals surface area contributed by atoms with Crippen LogP contribution in [0.4, 0.5) is 0 Å². The van der Waals surface area contributed by atoms with Crippen LogP contribution < -0.4 is 0 Å². The molecule has 0 amide bonds. The third-order valence-corrected chi connectivity index (χ3v) is 2.84. The van der Waals surface area contributed by atoms with Gasteiger partial charge in [-0.25, -0.2) is 0 Å². The summed E-state index contributed by atoms with van der Waals surface area (Å²) in [6.07, 6.45) is 9.94. The number of hydrogen-bond donors (Lipinski definition) is 1. The Morgan fingerprint density at radius 3 is 2.75 bits per heavy atom. The molecule has 1 aromatic rings. The molecule has 0 radical (unpaired) electrons. The Hall–Kier alpha value is -2.05. The third kappa shape index (κ3) is 5.73. The highest BCUT2D eigenvalue weighted by Crippen LogP contribution is 2.07. The van der Waals surface area contributed by atoms with E-state index < -0.39 is 6.10 Å². The van der Waals surface area contributed by atoms with Crippen molar-refractivity contribution in [2.45, 2.75) is 25.9 Å². The van der Waals surface area contributed by atoms with Crippen molar-refractivity contribution in [3.05, 3.63) is 47.8 Å². The van der Waals surface area contributed by atoms with Gasteiger partial charge in [0.15, 0.2) is 0 Å². The van der Waals surface area contributed by atoms with Gasteiger partial charge in [-0.3, -0.25) is 4.99 Å². The van der Waals surface area contributed by atoms with Crippen LogP contribution in [-0.4, -0.2) is 35.9 Å². The van der Waals surface area contributed by atoms with Gasteiger partial charge in [-0.15, -0.1) is 6.42 Å². The zero-order valence-corrected chi connectivity index (χ0v) is 12.2. The third-order valence-electron chi connectivity index (χ3n) is 2.84. The summed E-state index contributed by atoms with van der Waals surface area (Å²) in [7, 11) is 1.86. The molecule has 0 saturated heterocycles. The monoisotopic (exact) mass is 270 g/mol. The quantitative estimate of drug-likeness (QED) is 0.610. The minimum Gasteiger partial charge on any atom is -0.391 e. The van der Waals surface area contributed by atoms with Crippen molar-refractivity contribution in [2.75, 3.05) is 13.6 Å². The van der Waals surface area contributed by atoms with Gasteiger partial charge in [0.1, 0.15) is 5.70 Å². The molecule has 1 N–H and O–H groups in total. The van der Waals surface area contributed by atoms with E-state index in [0.717, 1.165) is 12.0 Å².